The summed E-state index contributed by atoms with van der Waals surface area (Å²) in [4.78, 5) is 0. The fraction of sp³-hybridized carbons (Fsp3) is 0.846. The van der Waals surface area contributed by atoms with Crippen molar-refractivity contribution in [3.8, 4) is 0 Å². The van der Waals surface area contributed by atoms with Crippen LogP contribution in [0.5, 0.6) is 0 Å². The summed E-state index contributed by atoms with van der Waals surface area (Å²) in [5, 5.41) is 0. The lowest BCUT2D eigenvalue weighted by molar-refractivity contribution is 0.00578. The minimum absolute atomic E-state index is 0.118. The molecule has 0 bridgehead atoms. The maximum atomic E-state index is 6.06. The molecule has 1 heterocycles. The van der Waals surface area contributed by atoms with E-state index in [1.54, 1.807) is 0 Å². The second-order valence-corrected chi connectivity index (χ2v) is 6.20. The van der Waals surface area contributed by atoms with Crippen LogP contribution in [0.3, 0.4) is 0 Å². The summed E-state index contributed by atoms with van der Waals surface area (Å²) in [5.74, 6) is 0.669. The Kier molecular flexibility index (Phi) is 2.96. The van der Waals surface area contributed by atoms with Crippen molar-refractivity contribution >= 4 is 7.12 Å². The third-order valence-corrected chi connectivity index (χ3v) is 4.18. The first-order valence-corrected chi connectivity index (χ1v) is 6.38. The molecule has 0 aromatic rings. The quantitative estimate of drug-likeness (QED) is 0.633. The normalized spacial score (nSPS) is 32.7. The standard InChI is InChI=1S/C13H23BO2/c1-10-7-6-8-11(9-10)14-15-12(2,3)13(4,5)16-14/h9-10H,6-8H2,1-5H3/t10-/m1/s1. The van der Waals surface area contributed by atoms with Gasteiger partial charge >= 0.3 is 7.12 Å². The Morgan fingerprint density at radius 1 is 1.19 bits per heavy atom. The molecule has 0 N–H and O–H groups in total. The maximum Gasteiger partial charge on any atom is 0.490 e. The van der Waals surface area contributed by atoms with Gasteiger partial charge in [0.05, 0.1) is 11.2 Å². The zero-order chi connectivity index (χ0) is 12.0. The van der Waals surface area contributed by atoms with E-state index in [4.69, 9.17) is 9.31 Å². The van der Waals surface area contributed by atoms with Crippen molar-refractivity contribution in [1.82, 2.24) is 0 Å². The van der Waals surface area contributed by atoms with Crippen molar-refractivity contribution in [1.29, 1.82) is 0 Å². The zero-order valence-electron chi connectivity index (χ0n) is 11.2. The number of hydrogen-bond donors (Lipinski definition) is 0. The van der Waals surface area contributed by atoms with E-state index in [2.05, 4.69) is 40.7 Å². The third kappa shape index (κ3) is 2.08. The minimum Gasteiger partial charge on any atom is -0.400 e. The molecule has 0 aromatic carbocycles. The van der Waals surface area contributed by atoms with Crippen LogP contribution in [0.2, 0.25) is 0 Å². The molecular weight excluding hydrogens is 199 g/mol. The van der Waals surface area contributed by atoms with Gasteiger partial charge in [0, 0.05) is 0 Å². The van der Waals surface area contributed by atoms with Gasteiger partial charge in [0.25, 0.3) is 0 Å². The van der Waals surface area contributed by atoms with Crippen molar-refractivity contribution in [2.75, 3.05) is 0 Å². The molecule has 2 nitrogen and oxygen atoms in total. The van der Waals surface area contributed by atoms with Crippen molar-refractivity contribution in [3.05, 3.63) is 11.5 Å². The van der Waals surface area contributed by atoms with Crippen LogP contribution in [-0.4, -0.2) is 18.3 Å². The van der Waals surface area contributed by atoms with Crippen molar-refractivity contribution < 1.29 is 9.31 Å². The number of rotatable bonds is 1. The molecule has 16 heavy (non-hydrogen) atoms. The molecule has 0 radical (unpaired) electrons. The summed E-state index contributed by atoms with van der Waals surface area (Å²) in [7, 11) is -0.118. The largest absolute Gasteiger partial charge is 0.490 e. The highest BCUT2D eigenvalue weighted by molar-refractivity contribution is 6.54. The van der Waals surface area contributed by atoms with Gasteiger partial charge in [-0.05, 0) is 58.3 Å². The molecule has 0 saturated carbocycles. The molecule has 0 aromatic heterocycles. The molecule has 1 aliphatic carbocycles. The predicted molar refractivity (Wildman–Crippen MR) is 67.2 cm³/mol. The zero-order valence-corrected chi connectivity index (χ0v) is 11.2. The Hall–Kier alpha value is -0.275. The van der Waals surface area contributed by atoms with Gasteiger partial charge in [-0.2, -0.15) is 0 Å². The maximum absolute atomic E-state index is 6.06. The smallest absolute Gasteiger partial charge is 0.400 e. The highest BCUT2D eigenvalue weighted by Crippen LogP contribution is 2.40. The molecule has 2 aliphatic rings. The van der Waals surface area contributed by atoms with Crippen molar-refractivity contribution in [3.63, 3.8) is 0 Å². The van der Waals surface area contributed by atoms with E-state index in [0.717, 1.165) is 6.42 Å². The van der Waals surface area contributed by atoms with Crippen LogP contribution in [0, 0.1) is 5.92 Å². The lowest BCUT2D eigenvalue weighted by atomic mass is 9.71. The van der Waals surface area contributed by atoms with Crippen molar-refractivity contribution in [2.24, 2.45) is 5.92 Å². The SMILES string of the molecule is C[C@H]1C=C(B2OC(C)(C)C(C)(C)O2)CCC1. The fourth-order valence-corrected chi connectivity index (χ4v) is 2.35. The highest BCUT2D eigenvalue weighted by Gasteiger charge is 2.52. The minimum atomic E-state index is -0.209. The predicted octanol–water partition coefficient (Wildman–Crippen LogP) is 3.36. The van der Waals surface area contributed by atoms with E-state index < -0.39 is 0 Å². The molecular formula is C13H23BO2. The van der Waals surface area contributed by atoms with Crippen LogP contribution in [0.15, 0.2) is 11.5 Å². The Morgan fingerprint density at radius 3 is 2.25 bits per heavy atom. The molecule has 1 aliphatic heterocycles. The Balaban J connectivity index is 2.14. The third-order valence-electron chi connectivity index (χ3n) is 4.18. The van der Waals surface area contributed by atoms with Gasteiger partial charge in [0.15, 0.2) is 0 Å². The van der Waals surface area contributed by atoms with Gasteiger partial charge in [-0.3, -0.25) is 0 Å². The highest BCUT2D eigenvalue weighted by atomic mass is 16.7. The molecule has 90 valence electrons. The van der Waals surface area contributed by atoms with Gasteiger partial charge in [0.2, 0.25) is 0 Å². The van der Waals surface area contributed by atoms with Gasteiger partial charge in [0.1, 0.15) is 0 Å². The molecule has 1 fully saturated rings. The Morgan fingerprint density at radius 2 is 1.75 bits per heavy atom. The van der Waals surface area contributed by atoms with Gasteiger partial charge in [-0.25, -0.2) is 0 Å². The van der Waals surface area contributed by atoms with Crippen molar-refractivity contribution in [2.45, 2.75) is 65.1 Å². The first-order chi connectivity index (χ1) is 7.32. The summed E-state index contributed by atoms with van der Waals surface area (Å²) in [6.07, 6.45) is 6.02. The second-order valence-electron chi connectivity index (χ2n) is 6.20. The second kappa shape index (κ2) is 3.88. The summed E-state index contributed by atoms with van der Waals surface area (Å²) >= 11 is 0. The molecule has 1 saturated heterocycles. The molecule has 0 amide bonds. The van der Waals surface area contributed by atoms with Crippen LogP contribution in [-0.2, 0) is 9.31 Å². The first-order valence-electron chi connectivity index (χ1n) is 6.38. The molecule has 1 atom stereocenters. The monoisotopic (exact) mass is 222 g/mol. The summed E-state index contributed by atoms with van der Waals surface area (Å²) in [6, 6.07) is 0. The lowest BCUT2D eigenvalue weighted by Gasteiger charge is -2.32. The summed E-state index contributed by atoms with van der Waals surface area (Å²) < 4.78 is 12.1. The number of hydrogen-bond acceptors (Lipinski definition) is 2. The molecule has 2 rings (SSSR count). The van der Waals surface area contributed by atoms with Gasteiger partial charge < -0.3 is 9.31 Å². The van der Waals surface area contributed by atoms with E-state index in [1.807, 2.05) is 0 Å². The molecule has 0 spiro atoms. The lowest BCUT2D eigenvalue weighted by Crippen LogP contribution is -2.41. The summed E-state index contributed by atoms with van der Waals surface area (Å²) in [5.41, 5.74) is 0.927. The Labute approximate surface area is 99.5 Å². The van der Waals surface area contributed by atoms with Crippen LogP contribution in [0.1, 0.15) is 53.9 Å². The van der Waals surface area contributed by atoms with E-state index in [-0.39, 0.29) is 18.3 Å². The van der Waals surface area contributed by atoms with Gasteiger partial charge in [-0.15, -0.1) is 0 Å². The average molecular weight is 222 g/mol. The van der Waals surface area contributed by atoms with E-state index >= 15 is 0 Å². The summed E-state index contributed by atoms with van der Waals surface area (Å²) in [6.45, 7) is 10.7. The topological polar surface area (TPSA) is 18.5 Å². The van der Waals surface area contributed by atoms with Crippen LogP contribution in [0.25, 0.3) is 0 Å². The Bertz CT molecular complexity index is 291. The molecule has 3 heteroatoms. The van der Waals surface area contributed by atoms with E-state index in [0.29, 0.717) is 5.92 Å². The first kappa shape index (κ1) is 12.2. The van der Waals surface area contributed by atoms with Crippen LogP contribution >= 0.6 is 0 Å². The fourth-order valence-electron chi connectivity index (χ4n) is 2.35. The van der Waals surface area contributed by atoms with E-state index in [1.165, 1.54) is 18.3 Å². The number of allylic oxidation sites excluding steroid dienone is 2. The average Bonchev–Trinajstić information content (AvgIpc) is 2.36. The van der Waals surface area contributed by atoms with Crippen LogP contribution < -0.4 is 0 Å². The van der Waals surface area contributed by atoms with Gasteiger partial charge in [-0.1, -0.05) is 13.0 Å². The van der Waals surface area contributed by atoms with Crippen LogP contribution in [0.4, 0.5) is 0 Å². The van der Waals surface area contributed by atoms with E-state index in [9.17, 15) is 0 Å². The molecule has 0 unspecified atom stereocenters.